The molecular weight excluding hydrogens is 807 g/mol. The topological polar surface area (TPSA) is 55.9 Å². The van der Waals surface area contributed by atoms with Crippen molar-refractivity contribution < 1.29 is 23.7 Å². The average molecular weight is 890 g/mol. The quantitative estimate of drug-likeness (QED) is 0.164. The first-order valence-electron chi connectivity index (χ1n) is 21.4. The zero-order valence-corrected chi connectivity index (χ0v) is 43.0. The van der Waals surface area contributed by atoms with E-state index in [9.17, 15) is 0 Å². The molecule has 0 fully saturated rings. The van der Waals surface area contributed by atoms with Crippen LogP contribution in [0.2, 0.25) is 0 Å². The number of hydrogen-bond acceptors (Lipinski definition) is 8. The highest BCUT2D eigenvalue weighted by Gasteiger charge is 2.05. The molecular formula is C57H83N3O5. The fraction of sp³-hybridized carbons (Fsp3) is 0.333. The number of fused-ring (bicyclic) bond motifs is 2. The van der Waals surface area contributed by atoms with Crippen LogP contribution in [0.5, 0.6) is 0 Å². The van der Waals surface area contributed by atoms with Gasteiger partial charge in [-0.05, 0) is 102 Å². The summed E-state index contributed by atoms with van der Waals surface area (Å²) in [4.78, 5) is 6.24. The van der Waals surface area contributed by atoms with Crippen molar-refractivity contribution in [2.75, 3.05) is 130 Å². The van der Waals surface area contributed by atoms with Gasteiger partial charge in [-0.2, -0.15) is 0 Å². The van der Waals surface area contributed by atoms with E-state index in [1.165, 1.54) is 55.2 Å². The third-order valence-electron chi connectivity index (χ3n) is 8.12. The van der Waals surface area contributed by atoms with Crippen LogP contribution in [-0.2, 0) is 36.5 Å². The van der Waals surface area contributed by atoms with Crippen molar-refractivity contribution in [1.82, 2.24) is 4.90 Å². The van der Waals surface area contributed by atoms with Crippen LogP contribution in [0.25, 0.3) is 21.5 Å². The Bertz CT molecular complexity index is 1910. The number of methoxy groups -OCH3 is 5. The van der Waals surface area contributed by atoms with E-state index in [0.717, 1.165) is 12.8 Å². The highest BCUT2D eigenvalue weighted by atomic mass is 16.5. The van der Waals surface area contributed by atoms with Crippen molar-refractivity contribution >= 4 is 32.9 Å². The lowest BCUT2D eigenvalue weighted by Gasteiger charge is -2.14. The van der Waals surface area contributed by atoms with E-state index >= 15 is 0 Å². The molecule has 0 spiro atoms. The number of rotatable bonds is 6. The van der Waals surface area contributed by atoms with Gasteiger partial charge < -0.3 is 38.4 Å². The molecule has 356 valence electrons. The first kappa shape index (κ1) is 61.5. The van der Waals surface area contributed by atoms with E-state index in [2.05, 4.69) is 195 Å². The Balaban J connectivity index is 0. The Hall–Kier alpha value is -5.58. The van der Waals surface area contributed by atoms with Gasteiger partial charge in [0, 0.05) is 111 Å². The molecule has 0 aliphatic rings. The molecule has 0 aromatic heterocycles. The Labute approximate surface area is 395 Å². The van der Waals surface area contributed by atoms with Crippen LogP contribution < -0.4 is 9.80 Å². The van der Waals surface area contributed by atoms with Crippen molar-refractivity contribution in [2.45, 2.75) is 12.8 Å². The van der Waals surface area contributed by atoms with E-state index in [0.29, 0.717) is 0 Å². The number of benzene rings is 7. The second-order valence-electron chi connectivity index (χ2n) is 15.3. The maximum absolute atomic E-state index is 4.25. The van der Waals surface area contributed by atoms with E-state index in [4.69, 9.17) is 0 Å². The number of ether oxygens (including phenoxy) is 5. The molecule has 65 heavy (non-hydrogen) atoms. The number of hydrogen-bond donors (Lipinski definition) is 0. The molecule has 7 rings (SSSR count). The summed E-state index contributed by atoms with van der Waals surface area (Å²) in [6.45, 7) is 0. The van der Waals surface area contributed by atoms with Crippen LogP contribution in [0.3, 0.4) is 0 Å². The standard InChI is InChI=1S/C21H16.C17H22N2.C6H6.C3H9N.5C2H6O/c1-3-13-20-16(7-1)9-5-11-18(20)15-19-12-6-10-17-8-2-4-14-21(17)19;1-18(2)16-9-5-14(6-10-16)13-15-7-11-17(12-8-15)19(3)4;1-2-4-6-5-3-1;1-4(2)3;5*1-3-2/h1-14H,15H2;5-12H,13H2,1-4H3;1-6H;1-3H3;5*1-2H3. The molecule has 8 heteroatoms. The molecule has 0 saturated carbocycles. The maximum atomic E-state index is 4.25. The molecule has 0 bridgehead atoms. The normalized spacial score (nSPS) is 9.26. The smallest absolute Gasteiger partial charge is 0.0361 e. The summed E-state index contributed by atoms with van der Waals surface area (Å²) in [5.74, 6) is 0. The van der Waals surface area contributed by atoms with E-state index in [1.54, 1.807) is 71.1 Å². The molecule has 7 aromatic carbocycles. The lowest BCUT2D eigenvalue weighted by molar-refractivity contribution is 0.277. The van der Waals surface area contributed by atoms with Gasteiger partial charge in [0.05, 0.1) is 0 Å². The van der Waals surface area contributed by atoms with Gasteiger partial charge >= 0.3 is 0 Å². The fourth-order valence-corrected chi connectivity index (χ4v) is 5.54. The van der Waals surface area contributed by atoms with Crippen LogP contribution >= 0.6 is 0 Å². The monoisotopic (exact) mass is 890 g/mol. The summed E-state index contributed by atoms with van der Waals surface area (Å²) in [7, 11) is 30.5. The molecule has 0 atom stereocenters. The summed E-state index contributed by atoms with van der Waals surface area (Å²) >= 11 is 0. The third-order valence-corrected chi connectivity index (χ3v) is 8.12. The molecule has 0 heterocycles. The van der Waals surface area contributed by atoms with Crippen molar-refractivity contribution in [2.24, 2.45) is 0 Å². The molecule has 0 saturated heterocycles. The van der Waals surface area contributed by atoms with Crippen molar-refractivity contribution in [1.29, 1.82) is 0 Å². The highest BCUT2D eigenvalue weighted by molar-refractivity contribution is 5.89. The summed E-state index contributed by atoms with van der Waals surface area (Å²) in [5, 5.41) is 5.34. The molecule has 0 N–H and O–H groups in total. The zero-order valence-electron chi connectivity index (χ0n) is 43.0. The van der Waals surface area contributed by atoms with Gasteiger partial charge in [-0.25, -0.2) is 0 Å². The van der Waals surface area contributed by atoms with Gasteiger partial charge in [0.1, 0.15) is 0 Å². The SMILES string of the molecule is CN(C)C.CN(C)c1ccc(Cc2ccc(N(C)C)cc2)cc1.COC.COC.COC.COC.COC.c1ccc2c(Cc3cccc4ccccc34)cccc2c1.c1ccccc1. The van der Waals surface area contributed by atoms with Gasteiger partial charge in [-0.15, -0.1) is 0 Å². The van der Waals surface area contributed by atoms with E-state index in [1.807, 2.05) is 62.4 Å². The lowest BCUT2D eigenvalue weighted by Crippen LogP contribution is -2.08. The Kier molecular flexibility index (Phi) is 38.9. The van der Waals surface area contributed by atoms with Gasteiger partial charge in [-0.3, -0.25) is 0 Å². The fourth-order valence-electron chi connectivity index (χ4n) is 5.54. The molecule has 7 aromatic rings. The largest absolute Gasteiger partial charge is 0.388 e. The first-order chi connectivity index (χ1) is 31.3. The lowest BCUT2D eigenvalue weighted by atomic mass is 9.95. The predicted octanol–water partition coefficient (Wildman–Crippen LogP) is 12.2. The number of nitrogens with zero attached hydrogens (tertiary/aromatic N) is 3. The number of anilines is 2. The molecule has 0 aliphatic heterocycles. The van der Waals surface area contributed by atoms with Crippen molar-refractivity contribution in [3.05, 3.63) is 192 Å². The Morgan fingerprint density at radius 3 is 0.800 bits per heavy atom. The van der Waals surface area contributed by atoms with Gasteiger partial charge in [0.2, 0.25) is 0 Å². The van der Waals surface area contributed by atoms with Gasteiger partial charge in [0.25, 0.3) is 0 Å². The second-order valence-corrected chi connectivity index (χ2v) is 15.3. The van der Waals surface area contributed by atoms with Crippen LogP contribution in [-0.4, -0.2) is 125 Å². The Morgan fingerprint density at radius 2 is 0.538 bits per heavy atom. The van der Waals surface area contributed by atoms with Crippen LogP contribution in [0, 0.1) is 0 Å². The van der Waals surface area contributed by atoms with Crippen LogP contribution in [0.1, 0.15) is 22.3 Å². The van der Waals surface area contributed by atoms with Crippen LogP contribution in [0.4, 0.5) is 11.4 Å². The van der Waals surface area contributed by atoms with E-state index < -0.39 is 0 Å². The van der Waals surface area contributed by atoms with Gasteiger partial charge in [-0.1, -0.05) is 146 Å². The average Bonchev–Trinajstić information content (AvgIpc) is 3.29. The molecule has 0 amide bonds. The van der Waals surface area contributed by atoms with Crippen molar-refractivity contribution in [3.63, 3.8) is 0 Å². The molecule has 0 aliphatic carbocycles. The summed E-state index contributed by atoms with van der Waals surface area (Å²) in [6, 6.07) is 59.9. The minimum Gasteiger partial charge on any atom is -0.388 e. The second kappa shape index (κ2) is 41.1. The summed E-state index contributed by atoms with van der Waals surface area (Å²) in [6.07, 6.45) is 1.96. The molecule has 8 nitrogen and oxygen atoms in total. The van der Waals surface area contributed by atoms with Crippen LogP contribution in [0.15, 0.2) is 170 Å². The minimum absolute atomic E-state index is 0.975. The molecule has 0 radical (unpaired) electrons. The van der Waals surface area contributed by atoms with E-state index in [-0.39, 0.29) is 0 Å². The predicted molar refractivity (Wildman–Crippen MR) is 286 cm³/mol. The van der Waals surface area contributed by atoms with Crippen molar-refractivity contribution in [3.8, 4) is 0 Å². The molecule has 0 unspecified atom stereocenters. The zero-order chi connectivity index (χ0) is 49.3. The third kappa shape index (κ3) is 30.2. The minimum atomic E-state index is 0.975. The van der Waals surface area contributed by atoms with Gasteiger partial charge in [0.15, 0.2) is 0 Å². The maximum Gasteiger partial charge on any atom is 0.0361 e. The Morgan fingerprint density at radius 1 is 0.292 bits per heavy atom. The summed E-state index contributed by atoms with van der Waals surface area (Å²) < 4.78 is 21.2. The first-order valence-corrected chi connectivity index (χ1v) is 21.4. The highest BCUT2D eigenvalue weighted by Crippen LogP contribution is 2.25. The summed E-state index contributed by atoms with van der Waals surface area (Å²) in [5.41, 5.74) is 7.97.